The van der Waals surface area contributed by atoms with Crippen molar-refractivity contribution in [2.24, 2.45) is 0 Å². The van der Waals surface area contributed by atoms with Gasteiger partial charge in [0.2, 0.25) is 0 Å². The van der Waals surface area contributed by atoms with Crippen molar-refractivity contribution < 1.29 is 19.5 Å². The summed E-state index contributed by atoms with van der Waals surface area (Å²) < 4.78 is 1.88. The molecule has 0 saturated heterocycles. The van der Waals surface area contributed by atoms with Crippen LogP contribution in [0.15, 0.2) is 48.7 Å². The summed E-state index contributed by atoms with van der Waals surface area (Å²) in [5, 5.41) is 13.7. The lowest BCUT2D eigenvalue weighted by atomic mass is 10.2. The van der Waals surface area contributed by atoms with Gasteiger partial charge in [-0.1, -0.05) is 6.07 Å². The molecule has 3 N–H and O–H groups in total. The minimum atomic E-state index is -1.12. The number of hydrogen-bond donors (Lipinski definition) is 3. The fraction of sp³-hybridized carbons (Fsp3) is 0.200. The number of nitrogens with zero attached hydrogens (tertiary/aromatic N) is 3. The van der Waals surface area contributed by atoms with Gasteiger partial charge in [0.15, 0.2) is 5.69 Å². The Hall–Kier alpha value is -3.72. The van der Waals surface area contributed by atoms with Crippen LogP contribution in [0.3, 0.4) is 0 Å². The number of carboxylic acids is 1. The molecule has 0 spiro atoms. The zero-order chi connectivity index (χ0) is 21.0. The average molecular weight is 395 g/mol. The van der Waals surface area contributed by atoms with Gasteiger partial charge < -0.3 is 25.0 Å². The van der Waals surface area contributed by atoms with Gasteiger partial charge in [-0.15, -0.1) is 0 Å². The van der Waals surface area contributed by atoms with Crippen molar-refractivity contribution in [3.63, 3.8) is 0 Å². The fourth-order valence-corrected chi connectivity index (χ4v) is 2.83. The van der Waals surface area contributed by atoms with Gasteiger partial charge in [-0.3, -0.25) is 14.4 Å². The number of fused-ring (bicyclic) bond motifs is 1. The van der Waals surface area contributed by atoms with E-state index in [0.29, 0.717) is 29.1 Å². The van der Waals surface area contributed by atoms with Crippen LogP contribution < -0.4 is 10.6 Å². The van der Waals surface area contributed by atoms with Crippen molar-refractivity contribution in [3.8, 4) is 0 Å². The summed E-state index contributed by atoms with van der Waals surface area (Å²) in [5.41, 5.74) is 2.57. The number of aliphatic carboxylic acids is 1. The van der Waals surface area contributed by atoms with Gasteiger partial charge in [0.05, 0.1) is 5.69 Å². The number of aromatic nitrogens is 2. The second kappa shape index (κ2) is 8.53. The highest BCUT2D eigenvalue weighted by Crippen LogP contribution is 2.17. The first-order chi connectivity index (χ1) is 13.8. The molecule has 9 heteroatoms. The molecule has 0 aliphatic rings. The zero-order valence-corrected chi connectivity index (χ0v) is 16.0. The highest BCUT2D eigenvalue weighted by Gasteiger charge is 2.19. The van der Waals surface area contributed by atoms with Gasteiger partial charge in [0.25, 0.3) is 11.8 Å². The summed E-state index contributed by atoms with van der Waals surface area (Å²) in [6.07, 6.45) is 1.86. The molecule has 0 atom stereocenters. The summed E-state index contributed by atoms with van der Waals surface area (Å²) in [6.45, 7) is 0.0798. The minimum Gasteiger partial charge on any atom is -0.480 e. The standard InChI is InChI=1S/C20H21N5O4/c1-24(2)12-15-18(23-16-5-3-4-10-25(15)16)20(29)22-14-8-6-13(7-9-14)19(28)21-11-17(26)27/h3-10H,11-12H2,1-2H3,(H,21,28)(H,22,29)(H,26,27). The van der Waals surface area contributed by atoms with E-state index in [4.69, 9.17) is 5.11 Å². The number of carbonyl (C=O) groups is 3. The Kier molecular flexibility index (Phi) is 5.89. The Balaban J connectivity index is 1.78. The molecule has 0 bridgehead atoms. The highest BCUT2D eigenvalue weighted by molar-refractivity contribution is 6.04. The lowest BCUT2D eigenvalue weighted by molar-refractivity contribution is -0.135. The van der Waals surface area contributed by atoms with Crippen LogP contribution in [-0.2, 0) is 11.3 Å². The molecule has 3 rings (SSSR count). The molecule has 0 saturated carbocycles. The number of anilines is 1. The monoisotopic (exact) mass is 395 g/mol. The molecule has 3 aromatic rings. The fourth-order valence-electron chi connectivity index (χ4n) is 2.83. The summed E-state index contributed by atoms with van der Waals surface area (Å²) in [4.78, 5) is 41.6. The van der Waals surface area contributed by atoms with Crippen LogP contribution in [0.4, 0.5) is 5.69 Å². The predicted molar refractivity (Wildman–Crippen MR) is 107 cm³/mol. The Morgan fingerprint density at radius 3 is 2.45 bits per heavy atom. The SMILES string of the molecule is CN(C)Cc1c(C(=O)Nc2ccc(C(=O)NCC(=O)O)cc2)nc2ccccn12. The van der Waals surface area contributed by atoms with Crippen LogP contribution in [0.1, 0.15) is 26.5 Å². The van der Waals surface area contributed by atoms with E-state index in [1.807, 2.05) is 47.8 Å². The smallest absolute Gasteiger partial charge is 0.322 e. The van der Waals surface area contributed by atoms with E-state index in [-0.39, 0.29) is 5.91 Å². The molecule has 2 heterocycles. The van der Waals surface area contributed by atoms with Crippen LogP contribution in [0.2, 0.25) is 0 Å². The lowest BCUT2D eigenvalue weighted by Gasteiger charge is -2.11. The Labute approximate surface area is 167 Å². The highest BCUT2D eigenvalue weighted by atomic mass is 16.4. The van der Waals surface area contributed by atoms with E-state index in [9.17, 15) is 14.4 Å². The quantitative estimate of drug-likeness (QED) is 0.558. The predicted octanol–water partition coefficient (Wildman–Crippen LogP) is 1.46. The van der Waals surface area contributed by atoms with Crippen LogP contribution in [0.25, 0.3) is 5.65 Å². The van der Waals surface area contributed by atoms with Crippen molar-refractivity contribution in [1.29, 1.82) is 0 Å². The molecule has 0 unspecified atom stereocenters. The number of carbonyl (C=O) groups excluding carboxylic acids is 2. The second-order valence-corrected chi connectivity index (χ2v) is 6.68. The van der Waals surface area contributed by atoms with E-state index >= 15 is 0 Å². The maximum atomic E-state index is 12.8. The first-order valence-corrected chi connectivity index (χ1v) is 8.87. The van der Waals surface area contributed by atoms with E-state index in [0.717, 1.165) is 5.69 Å². The van der Waals surface area contributed by atoms with Crippen molar-refractivity contribution >= 4 is 29.1 Å². The Morgan fingerprint density at radius 1 is 1.07 bits per heavy atom. The number of imidazole rings is 1. The first-order valence-electron chi connectivity index (χ1n) is 8.87. The molecule has 0 aliphatic carbocycles. The third-order valence-electron chi connectivity index (χ3n) is 4.12. The largest absolute Gasteiger partial charge is 0.480 e. The summed E-state index contributed by atoms with van der Waals surface area (Å²) >= 11 is 0. The van der Waals surface area contributed by atoms with Gasteiger partial charge >= 0.3 is 5.97 Å². The molecule has 9 nitrogen and oxygen atoms in total. The summed E-state index contributed by atoms with van der Waals surface area (Å²) in [6, 6.07) is 11.8. The van der Waals surface area contributed by atoms with Crippen LogP contribution in [-0.4, -0.2) is 57.8 Å². The molecule has 150 valence electrons. The van der Waals surface area contributed by atoms with Crippen molar-refractivity contribution in [2.75, 3.05) is 26.0 Å². The lowest BCUT2D eigenvalue weighted by Crippen LogP contribution is -2.29. The number of pyridine rings is 1. The van der Waals surface area contributed by atoms with E-state index < -0.39 is 18.4 Å². The summed E-state index contributed by atoms with van der Waals surface area (Å²) in [5.74, 6) is -1.98. The molecule has 2 amide bonds. The first kappa shape index (κ1) is 20.0. The third kappa shape index (κ3) is 4.77. The number of amides is 2. The van der Waals surface area contributed by atoms with E-state index in [1.54, 1.807) is 12.1 Å². The Bertz CT molecular complexity index is 1060. The molecule has 29 heavy (non-hydrogen) atoms. The Morgan fingerprint density at radius 2 is 1.79 bits per heavy atom. The van der Waals surface area contributed by atoms with E-state index in [2.05, 4.69) is 15.6 Å². The van der Waals surface area contributed by atoms with Crippen molar-refractivity contribution in [1.82, 2.24) is 19.6 Å². The molecular formula is C20H21N5O4. The second-order valence-electron chi connectivity index (χ2n) is 6.68. The van der Waals surface area contributed by atoms with Crippen molar-refractivity contribution in [2.45, 2.75) is 6.54 Å². The van der Waals surface area contributed by atoms with Gasteiger partial charge in [-0.25, -0.2) is 4.98 Å². The number of benzene rings is 1. The van der Waals surface area contributed by atoms with Gasteiger partial charge in [0, 0.05) is 24.0 Å². The average Bonchev–Trinajstić information content (AvgIpc) is 3.05. The normalized spacial score (nSPS) is 10.9. The minimum absolute atomic E-state index is 0.297. The topological polar surface area (TPSA) is 116 Å². The zero-order valence-electron chi connectivity index (χ0n) is 16.0. The maximum Gasteiger partial charge on any atom is 0.322 e. The number of carboxylic acid groups (broad SMARTS) is 1. The van der Waals surface area contributed by atoms with Gasteiger partial charge in [-0.05, 0) is 50.5 Å². The van der Waals surface area contributed by atoms with E-state index in [1.165, 1.54) is 12.1 Å². The summed E-state index contributed by atoms with van der Waals surface area (Å²) in [7, 11) is 3.83. The number of nitrogens with one attached hydrogen (secondary N) is 2. The number of hydrogen-bond acceptors (Lipinski definition) is 5. The maximum absolute atomic E-state index is 12.8. The van der Waals surface area contributed by atoms with Gasteiger partial charge in [-0.2, -0.15) is 0 Å². The molecule has 0 aliphatic heterocycles. The van der Waals surface area contributed by atoms with Crippen LogP contribution >= 0.6 is 0 Å². The van der Waals surface area contributed by atoms with Crippen molar-refractivity contribution in [3.05, 3.63) is 65.6 Å². The number of rotatable bonds is 7. The molecule has 0 fully saturated rings. The molecular weight excluding hydrogens is 374 g/mol. The third-order valence-corrected chi connectivity index (χ3v) is 4.12. The molecule has 1 aromatic carbocycles. The van der Waals surface area contributed by atoms with Gasteiger partial charge in [0.1, 0.15) is 12.2 Å². The van der Waals surface area contributed by atoms with Crippen LogP contribution in [0.5, 0.6) is 0 Å². The molecule has 2 aromatic heterocycles. The van der Waals surface area contributed by atoms with Crippen LogP contribution in [0, 0.1) is 0 Å². The molecule has 0 radical (unpaired) electrons.